The first-order valence-corrected chi connectivity index (χ1v) is 11.3. The Labute approximate surface area is 176 Å². The highest BCUT2D eigenvalue weighted by atomic mass is 16.1. The zero-order chi connectivity index (χ0) is 20.6. The number of likely N-dealkylation sites (tertiary alicyclic amines) is 2. The van der Waals surface area contributed by atoms with Crippen molar-refractivity contribution in [1.29, 1.82) is 0 Å². The Hall–Kier alpha value is -1.72. The smallest absolute Gasteiger partial charge is 0.223 e. The highest BCUT2D eigenvalue weighted by Crippen LogP contribution is 2.25. The molecule has 3 heterocycles. The molecule has 1 atom stereocenters. The van der Waals surface area contributed by atoms with Gasteiger partial charge in [-0.05, 0) is 90.2 Å². The molecule has 0 spiro atoms. The summed E-state index contributed by atoms with van der Waals surface area (Å²) in [5.74, 6) is 0.361. The molecule has 0 unspecified atom stereocenters. The zero-order valence-electron chi connectivity index (χ0n) is 18.3. The fraction of sp³-hybridized carbons (Fsp3) is 0.667. The quantitative estimate of drug-likeness (QED) is 0.680. The number of carbonyl (C=O) groups is 1. The summed E-state index contributed by atoms with van der Waals surface area (Å²) in [7, 11) is 0. The van der Waals surface area contributed by atoms with E-state index < -0.39 is 0 Å². The Morgan fingerprint density at radius 1 is 1.24 bits per heavy atom. The number of allylic oxidation sites excluding steroid dienone is 1. The molecule has 5 heteroatoms. The molecule has 160 valence electrons. The van der Waals surface area contributed by atoms with Gasteiger partial charge in [0.15, 0.2) is 0 Å². The third-order valence-corrected chi connectivity index (χ3v) is 6.72. The molecule has 0 saturated carbocycles. The van der Waals surface area contributed by atoms with Crippen LogP contribution in [-0.2, 0) is 11.3 Å². The molecule has 5 nitrogen and oxygen atoms in total. The van der Waals surface area contributed by atoms with Crippen LogP contribution in [0.5, 0.6) is 0 Å². The van der Waals surface area contributed by atoms with Crippen molar-refractivity contribution in [1.82, 2.24) is 20.1 Å². The van der Waals surface area contributed by atoms with Crippen LogP contribution in [0.15, 0.2) is 36.7 Å². The molecule has 2 aliphatic heterocycles. The predicted octanol–water partition coefficient (Wildman–Crippen LogP) is 3.62. The van der Waals surface area contributed by atoms with Crippen molar-refractivity contribution < 1.29 is 4.79 Å². The maximum atomic E-state index is 12.5. The van der Waals surface area contributed by atoms with Crippen molar-refractivity contribution in [3.05, 3.63) is 42.2 Å². The number of carbonyl (C=O) groups excluding carboxylic acids is 1. The predicted molar refractivity (Wildman–Crippen MR) is 118 cm³/mol. The number of nitrogens with one attached hydrogen (secondary N) is 1. The molecule has 29 heavy (non-hydrogen) atoms. The van der Waals surface area contributed by atoms with Gasteiger partial charge in [0.1, 0.15) is 0 Å². The van der Waals surface area contributed by atoms with Gasteiger partial charge < -0.3 is 15.1 Å². The van der Waals surface area contributed by atoms with Crippen LogP contribution in [0.2, 0.25) is 0 Å². The number of aromatic nitrogens is 1. The van der Waals surface area contributed by atoms with Crippen molar-refractivity contribution in [2.24, 2.45) is 5.92 Å². The third-order valence-electron chi connectivity index (χ3n) is 6.72. The van der Waals surface area contributed by atoms with Gasteiger partial charge in [-0.2, -0.15) is 0 Å². The Balaban J connectivity index is 1.35. The van der Waals surface area contributed by atoms with Gasteiger partial charge in [0.2, 0.25) is 5.91 Å². The third kappa shape index (κ3) is 6.65. The second-order valence-electron chi connectivity index (χ2n) is 9.00. The average Bonchev–Trinajstić information content (AvgIpc) is 2.76. The summed E-state index contributed by atoms with van der Waals surface area (Å²) < 4.78 is 0. The molecule has 1 aromatic rings. The van der Waals surface area contributed by atoms with Crippen LogP contribution in [0.4, 0.5) is 0 Å². The van der Waals surface area contributed by atoms with E-state index in [1.54, 1.807) is 6.20 Å². The van der Waals surface area contributed by atoms with Gasteiger partial charge in [0.25, 0.3) is 0 Å². The fourth-order valence-corrected chi connectivity index (χ4v) is 4.69. The molecule has 0 radical (unpaired) electrons. The lowest BCUT2D eigenvalue weighted by molar-refractivity contribution is -0.126. The number of hydrogen-bond acceptors (Lipinski definition) is 4. The molecule has 2 aliphatic rings. The summed E-state index contributed by atoms with van der Waals surface area (Å²) in [4.78, 5) is 21.9. The van der Waals surface area contributed by atoms with Crippen molar-refractivity contribution in [2.45, 2.75) is 71.0 Å². The molecule has 0 bridgehead atoms. The van der Waals surface area contributed by atoms with Crippen molar-refractivity contribution >= 4 is 5.91 Å². The SMILES string of the molecule is C=C(C)CC[C@@H](C)N1CCC(N2CCC(C(=O)NCc3cccnc3)CC2)CC1. The number of rotatable bonds is 8. The highest BCUT2D eigenvalue weighted by Gasteiger charge is 2.31. The van der Waals surface area contributed by atoms with E-state index in [2.05, 4.69) is 40.5 Å². The van der Waals surface area contributed by atoms with Crippen LogP contribution in [-0.4, -0.2) is 59.0 Å². The van der Waals surface area contributed by atoms with Crippen LogP contribution in [0, 0.1) is 5.92 Å². The molecule has 1 aromatic heterocycles. The zero-order valence-corrected chi connectivity index (χ0v) is 18.3. The van der Waals surface area contributed by atoms with E-state index in [-0.39, 0.29) is 11.8 Å². The van der Waals surface area contributed by atoms with Crippen LogP contribution >= 0.6 is 0 Å². The Kier molecular flexibility index (Phi) is 8.25. The van der Waals surface area contributed by atoms with Crippen LogP contribution in [0.3, 0.4) is 0 Å². The van der Waals surface area contributed by atoms with Crippen molar-refractivity contribution in [3.8, 4) is 0 Å². The highest BCUT2D eigenvalue weighted by molar-refractivity contribution is 5.78. The van der Waals surface area contributed by atoms with Crippen LogP contribution in [0.1, 0.15) is 57.9 Å². The summed E-state index contributed by atoms with van der Waals surface area (Å²) in [6, 6.07) is 5.26. The lowest BCUT2D eigenvalue weighted by Crippen LogP contribution is -2.50. The van der Waals surface area contributed by atoms with Crippen molar-refractivity contribution in [3.63, 3.8) is 0 Å². The Morgan fingerprint density at radius 3 is 2.59 bits per heavy atom. The molecular weight excluding hydrogens is 360 g/mol. The summed E-state index contributed by atoms with van der Waals surface area (Å²) in [5, 5.41) is 3.09. The molecule has 1 amide bonds. The van der Waals surface area contributed by atoms with E-state index in [1.807, 2.05) is 18.3 Å². The van der Waals surface area contributed by atoms with E-state index in [0.717, 1.165) is 37.9 Å². The Morgan fingerprint density at radius 2 is 1.97 bits per heavy atom. The molecule has 0 aliphatic carbocycles. The van der Waals surface area contributed by atoms with E-state index in [9.17, 15) is 4.79 Å². The van der Waals surface area contributed by atoms with Crippen LogP contribution in [0.25, 0.3) is 0 Å². The first-order valence-electron chi connectivity index (χ1n) is 11.3. The second-order valence-corrected chi connectivity index (χ2v) is 9.00. The van der Waals surface area contributed by atoms with Gasteiger partial charge in [-0.25, -0.2) is 0 Å². The van der Waals surface area contributed by atoms with E-state index in [4.69, 9.17) is 0 Å². The van der Waals surface area contributed by atoms with Gasteiger partial charge in [-0.15, -0.1) is 6.58 Å². The first-order chi connectivity index (χ1) is 14.0. The molecular formula is C24H38N4O. The minimum Gasteiger partial charge on any atom is -0.352 e. The average molecular weight is 399 g/mol. The maximum Gasteiger partial charge on any atom is 0.223 e. The minimum absolute atomic E-state index is 0.158. The molecule has 1 N–H and O–H groups in total. The van der Waals surface area contributed by atoms with Gasteiger partial charge in [0, 0.05) is 36.9 Å². The molecule has 3 rings (SSSR count). The van der Waals surface area contributed by atoms with Gasteiger partial charge >= 0.3 is 0 Å². The maximum absolute atomic E-state index is 12.5. The molecule has 0 aromatic carbocycles. The van der Waals surface area contributed by atoms with E-state index in [0.29, 0.717) is 18.6 Å². The Bertz CT molecular complexity index is 646. The van der Waals surface area contributed by atoms with Gasteiger partial charge in [-0.1, -0.05) is 11.6 Å². The number of piperidine rings is 2. The second kappa shape index (κ2) is 10.9. The normalized spacial score (nSPS) is 21.0. The van der Waals surface area contributed by atoms with Crippen LogP contribution < -0.4 is 5.32 Å². The summed E-state index contributed by atoms with van der Waals surface area (Å²) in [6.07, 6.45) is 10.4. The lowest BCUT2D eigenvalue weighted by atomic mass is 9.92. The van der Waals surface area contributed by atoms with Crippen molar-refractivity contribution in [2.75, 3.05) is 26.2 Å². The number of hydrogen-bond donors (Lipinski definition) is 1. The summed E-state index contributed by atoms with van der Waals surface area (Å²) in [5.41, 5.74) is 2.35. The van der Waals surface area contributed by atoms with E-state index >= 15 is 0 Å². The standard InChI is InChI=1S/C24H38N4O/c1-19(2)6-7-20(3)27-15-10-23(11-16-27)28-13-8-22(9-14-28)24(29)26-18-21-5-4-12-25-17-21/h4-5,12,17,20,22-23H,1,6-11,13-16,18H2,2-3H3,(H,26,29)/t20-/m1/s1. The largest absolute Gasteiger partial charge is 0.352 e. The molecule has 2 saturated heterocycles. The van der Waals surface area contributed by atoms with E-state index in [1.165, 1.54) is 37.9 Å². The minimum atomic E-state index is 0.158. The number of amides is 1. The summed E-state index contributed by atoms with van der Waals surface area (Å²) >= 11 is 0. The van der Waals surface area contributed by atoms with Gasteiger partial charge in [0.05, 0.1) is 0 Å². The molecule has 2 fully saturated rings. The fourth-order valence-electron chi connectivity index (χ4n) is 4.69. The number of nitrogens with zero attached hydrogens (tertiary/aromatic N) is 3. The topological polar surface area (TPSA) is 48.5 Å². The monoisotopic (exact) mass is 398 g/mol. The lowest BCUT2D eigenvalue weighted by Gasteiger charge is -2.43. The first kappa shape index (κ1) is 22.0. The summed E-state index contributed by atoms with van der Waals surface area (Å²) in [6.45, 7) is 13.6. The number of pyridine rings is 1. The van der Waals surface area contributed by atoms with Gasteiger partial charge in [-0.3, -0.25) is 9.78 Å².